The minimum atomic E-state index is -0.0317. The number of nitrogens with two attached hydrogens (primary N) is 1. The van der Waals surface area contributed by atoms with E-state index in [1.54, 1.807) is 25.1 Å². The topological polar surface area (TPSA) is 143 Å². The van der Waals surface area contributed by atoms with Crippen LogP contribution in [0.25, 0.3) is 33.3 Å². The first-order valence-electron chi connectivity index (χ1n) is 11.7. The van der Waals surface area contributed by atoms with Crippen molar-refractivity contribution in [3.8, 4) is 17.1 Å². The van der Waals surface area contributed by atoms with Gasteiger partial charge >= 0.3 is 0 Å². The highest BCUT2D eigenvalue weighted by Gasteiger charge is 2.28. The van der Waals surface area contributed by atoms with E-state index in [-0.39, 0.29) is 36.3 Å². The Hall–Kier alpha value is -4.21. The monoisotopic (exact) mass is 473 g/mol. The van der Waals surface area contributed by atoms with Gasteiger partial charge in [0.15, 0.2) is 11.4 Å². The summed E-state index contributed by atoms with van der Waals surface area (Å²) in [5.41, 5.74) is 9.18. The molecule has 1 aromatic carbocycles. The average Bonchev–Trinajstić information content (AvgIpc) is 3.45. The molecule has 10 heteroatoms. The number of rotatable bonds is 6. The van der Waals surface area contributed by atoms with Crippen LogP contribution in [0.2, 0.25) is 0 Å². The fraction of sp³-hybridized carbons (Fsp3) is 0.320. The average molecular weight is 474 g/mol. The Bertz CT molecular complexity index is 1440. The molecular weight excluding hydrogens is 446 g/mol. The van der Waals surface area contributed by atoms with Crippen molar-refractivity contribution in [3.05, 3.63) is 42.7 Å². The number of nitrogens with one attached hydrogen (secondary N) is 1. The van der Waals surface area contributed by atoms with Crippen molar-refractivity contribution in [1.29, 1.82) is 0 Å². The van der Waals surface area contributed by atoms with Gasteiger partial charge in [0, 0.05) is 36.8 Å². The van der Waals surface area contributed by atoms with Crippen molar-refractivity contribution >= 4 is 39.4 Å². The van der Waals surface area contributed by atoms with E-state index in [1.165, 1.54) is 12.4 Å². The molecule has 1 aliphatic heterocycles. The Labute approximate surface area is 201 Å². The number of hydrogen-bond acceptors (Lipinski definition) is 7. The third-order valence-electron chi connectivity index (χ3n) is 6.48. The summed E-state index contributed by atoms with van der Waals surface area (Å²) >= 11 is 0. The lowest BCUT2D eigenvalue weighted by Crippen LogP contribution is -2.39. The zero-order valence-electron chi connectivity index (χ0n) is 19.4. The summed E-state index contributed by atoms with van der Waals surface area (Å²) < 4.78 is 1.89. The number of phenolic OH excluding ortho intramolecular Hbond substituents is 1. The second kappa shape index (κ2) is 9.21. The second-order valence-corrected chi connectivity index (χ2v) is 8.78. The van der Waals surface area contributed by atoms with Gasteiger partial charge in [0.25, 0.3) is 0 Å². The molecule has 10 nitrogen and oxygen atoms in total. The number of fused-ring (bicyclic) bond motifs is 2. The number of allylic oxidation sites excluding steroid dienone is 2. The summed E-state index contributed by atoms with van der Waals surface area (Å²) in [6.45, 7) is 2.96. The van der Waals surface area contributed by atoms with Crippen LogP contribution >= 0.6 is 0 Å². The van der Waals surface area contributed by atoms with Gasteiger partial charge in [-0.05, 0) is 50.1 Å². The number of amides is 1. The van der Waals surface area contributed by atoms with Gasteiger partial charge in [-0.3, -0.25) is 9.59 Å². The fourth-order valence-electron chi connectivity index (χ4n) is 4.70. The molecule has 1 amide bonds. The van der Waals surface area contributed by atoms with Gasteiger partial charge < -0.3 is 20.7 Å². The molecule has 0 saturated carbocycles. The number of nitrogen functional groups attached to an aromatic ring is 1. The second-order valence-electron chi connectivity index (χ2n) is 8.78. The quantitative estimate of drug-likeness (QED) is 0.364. The maximum atomic E-state index is 12.6. The fourth-order valence-corrected chi connectivity index (χ4v) is 4.70. The predicted molar refractivity (Wildman–Crippen MR) is 133 cm³/mol. The molecule has 4 aromatic rings. The standard InChI is InChI=1S/C25H27N7O3/c1-2-3-17(33)5-7-21(35)31-10-8-16(9-11-31)32-25-22(24(26)27-14-28-25)23(30-32)20-13-15-12-18(34)4-6-19(15)29-20/h2-4,6,12-14,16,29,34H,5,7-11H2,1H3,(H2,26,27,28). The molecule has 35 heavy (non-hydrogen) atoms. The molecule has 3 aromatic heterocycles. The van der Waals surface area contributed by atoms with Crippen molar-refractivity contribution in [1.82, 2.24) is 29.6 Å². The molecule has 1 aliphatic rings. The normalized spacial score (nSPS) is 14.9. The lowest BCUT2D eigenvalue weighted by molar-refractivity contribution is -0.133. The van der Waals surface area contributed by atoms with E-state index in [1.807, 2.05) is 21.7 Å². The van der Waals surface area contributed by atoms with Crippen molar-refractivity contribution < 1.29 is 14.7 Å². The minimum absolute atomic E-state index is 0.000197. The smallest absolute Gasteiger partial charge is 0.223 e. The van der Waals surface area contributed by atoms with Crippen LogP contribution in [-0.4, -0.2) is 59.5 Å². The van der Waals surface area contributed by atoms with Crippen molar-refractivity contribution in [2.45, 2.75) is 38.6 Å². The number of phenols is 1. The Morgan fingerprint density at radius 2 is 2.00 bits per heavy atom. The minimum Gasteiger partial charge on any atom is -0.508 e. The summed E-state index contributed by atoms with van der Waals surface area (Å²) in [7, 11) is 0. The number of carbonyl (C=O) groups is 2. The van der Waals surface area contributed by atoms with Crippen LogP contribution in [0.1, 0.15) is 38.6 Å². The van der Waals surface area contributed by atoms with E-state index < -0.39 is 0 Å². The van der Waals surface area contributed by atoms with Gasteiger partial charge in [-0.1, -0.05) is 6.08 Å². The van der Waals surface area contributed by atoms with Gasteiger partial charge in [-0.25, -0.2) is 14.6 Å². The Kier molecular flexibility index (Phi) is 5.94. The van der Waals surface area contributed by atoms with Gasteiger partial charge in [0.2, 0.25) is 5.91 Å². The van der Waals surface area contributed by atoms with Crippen molar-refractivity contribution in [3.63, 3.8) is 0 Å². The number of anilines is 1. The first-order valence-corrected chi connectivity index (χ1v) is 11.7. The van der Waals surface area contributed by atoms with Gasteiger partial charge in [-0.15, -0.1) is 0 Å². The highest BCUT2D eigenvalue weighted by molar-refractivity contribution is 6.00. The first-order chi connectivity index (χ1) is 16.9. The zero-order chi connectivity index (χ0) is 24.5. The Morgan fingerprint density at radius 3 is 2.77 bits per heavy atom. The molecule has 0 bridgehead atoms. The molecule has 180 valence electrons. The molecule has 1 fully saturated rings. The summed E-state index contributed by atoms with van der Waals surface area (Å²) in [6, 6.07) is 7.09. The van der Waals surface area contributed by atoms with E-state index >= 15 is 0 Å². The molecule has 0 spiro atoms. The Balaban J connectivity index is 1.39. The van der Waals surface area contributed by atoms with E-state index in [0.29, 0.717) is 35.6 Å². The molecule has 1 saturated heterocycles. The van der Waals surface area contributed by atoms with Crippen LogP contribution in [0, 0.1) is 0 Å². The maximum Gasteiger partial charge on any atom is 0.223 e. The number of aromatic nitrogens is 5. The number of carbonyl (C=O) groups excluding carboxylic acids is 2. The number of likely N-dealkylation sites (tertiary alicyclic amines) is 1. The van der Waals surface area contributed by atoms with Gasteiger partial charge in [-0.2, -0.15) is 5.10 Å². The molecule has 0 atom stereocenters. The van der Waals surface area contributed by atoms with E-state index in [2.05, 4.69) is 15.0 Å². The number of benzene rings is 1. The molecule has 5 rings (SSSR count). The largest absolute Gasteiger partial charge is 0.508 e. The zero-order valence-corrected chi connectivity index (χ0v) is 19.4. The first kappa shape index (κ1) is 22.6. The highest BCUT2D eigenvalue weighted by Crippen LogP contribution is 2.35. The van der Waals surface area contributed by atoms with Crippen molar-refractivity contribution in [2.24, 2.45) is 0 Å². The molecule has 0 aliphatic carbocycles. The van der Waals surface area contributed by atoms with Crippen molar-refractivity contribution in [2.75, 3.05) is 18.8 Å². The van der Waals surface area contributed by atoms with E-state index in [0.717, 1.165) is 29.4 Å². The van der Waals surface area contributed by atoms with Crippen LogP contribution in [-0.2, 0) is 9.59 Å². The Morgan fingerprint density at radius 1 is 1.20 bits per heavy atom. The van der Waals surface area contributed by atoms with E-state index in [9.17, 15) is 14.7 Å². The number of hydrogen-bond donors (Lipinski definition) is 3. The number of H-pyrrole nitrogens is 1. The number of ketones is 1. The maximum absolute atomic E-state index is 12.6. The lowest BCUT2D eigenvalue weighted by atomic mass is 10.0. The van der Waals surface area contributed by atoms with Gasteiger partial charge in [0.1, 0.15) is 23.6 Å². The molecule has 4 heterocycles. The summed E-state index contributed by atoms with van der Waals surface area (Å²) in [5, 5.41) is 16.3. The SMILES string of the molecule is CC=CC(=O)CCC(=O)N1CCC(n2nc(-c3cc4cc(O)ccc4[nH]3)c3c(N)ncnc32)CC1. The van der Waals surface area contributed by atoms with E-state index in [4.69, 9.17) is 10.8 Å². The van der Waals surface area contributed by atoms with Crippen LogP contribution in [0.15, 0.2) is 42.7 Å². The molecule has 0 unspecified atom stereocenters. The molecule has 4 N–H and O–H groups in total. The molecular formula is C25H27N7O3. The lowest BCUT2D eigenvalue weighted by Gasteiger charge is -2.32. The third kappa shape index (κ3) is 4.34. The number of piperidine rings is 1. The highest BCUT2D eigenvalue weighted by atomic mass is 16.3. The van der Waals surface area contributed by atoms with Gasteiger partial charge in [0.05, 0.1) is 17.1 Å². The van der Waals surface area contributed by atoms with Crippen LogP contribution in [0.4, 0.5) is 5.82 Å². The summed E-state index contributed by atoms with van der Waals surface area (Å²) in [6.07, 6.45) is 6.52. The third-order valence-corrected chi connectivity index (χ3v) is 6.48. The van der Waals surface area contributed by atoms with Crippen LogP contribution in [0.3, 0.4) is 0 Å². The number of nitrogens with zero attached hydrogens (tertiary/aromatic N) is 5. The van der Waals surface area contributed by atoms with Crippen LogP contribution in [0.5, 0.6) is 5.75 Å². The number of aromatic hydroxyl groups is 1. The molecule has 0 radical (unpaired) electrons. The summed E-state index contributed by atoms with van der Waals surface area (Å²) in [4.78, 5) is 38.1. The summed E-state index contributed by atoms with van der Waals surface area (Å²) in [5.74, 6) is 0.501. The number of aromatic amines is 1. The van der Waals surface area contributed by atoms with Crippen LogP contribution < -0.4 is 5.73 Å². The predicted octanol–water partition coefficient (Wildman–Crippen LogP) is 3.35.